The van der Waals surface area contributed by atoms with E-state index >= 15 is 0 Å². The lowest BCUT2D eigenvalue weighted by Gasteiger charge is -2.10. The standard InChI is InChI=1S/C18H18ClN3OS/c1-11-15-10-16(17(23)20-13-4-2-3-5-13)24-18(15)22(21-11)14-8-6-12(19)7-9-14/h6-10,13H,2-5H2,1H3,(H,20,23). The van der Waals surface area contributed by atoms with Crippen LogP contribution in [0, 0.1) is 6.92 Å². The van der Waals surface area contributed by atoms with E-state index in [1.807, 2.05) is 41.9 Å². The van der Waals surface area contributed by atoms with Crippen molar-refractivity contribution < 1.29 is 4.79 Å². The highest BCUT2D eigenvalue weighted by Crippen LogP contribution is 2.31. The van der Waals surface area contributed by atoms with Crippen molar-refractivity contribution in [2.24, 2.45) is 0 Å². The molecule has 2 aromatic heterocycles. The van der Waals surface area contributed by atoms with Gasteiger partial charge in [0.2, 0.25) is 0 Å². The highest BCUT2D eigenvalue weighted by atomic mass is 35.5. The summed E-state index contributed by atoms with van der Waals surface area (Å²) >= 11 is 7.46. The number of fused-ring (bicyclic) bond motifs is 1. The first-order valence-corrected chi connectivity index (χ1v) is 9.37. The van der Waals surface area contributed by atoms with Gasteiger partial charge in [0.1, 0.15) is 4.83 Å². The normalized spacial score (nSPS) is 15.2. The number of nitrogens with one attached hydrogen (secondary N) is 1. The molecule has 0 bridgehead atoms. The second kappa shape index (κ2) is 6.22. The number of aryl methyl sites for hydroxylation is 1. The van der Waals surface area contributed by atoms with E-state index < -0.39 is 0 Å². The van der Waals surface area contributed by atoms with Crippen LogP contribution in [-0.2, 0) is 0 Å². The molecule has 1 aromatic carbocycles. The summed E-state index contributed by atoms with van der Waals surface area (Å²) < 4.78 is 1.89. The Morgan fingerprint density at radius 3 is 2.71 bits per heavy atom. The van der Waals surface area contributed by atoms with Gasteiger partial charge in [0, 0.05) is 16.5 Å². The number of nitrogens with zero attached hydrogens (tertiary/aromatic N) is 2. The third-order valence-corrected chi connectivity index (χ3v) is 5.89. The number of benzene rings is 1. The van der Waals surface area contributed by atoms with E-state index in [1.54, 1.807) is 0 Å². The first-order valence-electron chi connectivity index (χ1n) is 8.18. The predicted molar refractivity (Wildman–Crippen MR) is 98.4 cm³/mol. The second-order valence-electron chi connectivity index (χ2n) is 6.26. The summed E-state index contributed by atoms with van der Waals surface area (Å²) in [6.07, 6.45) is 4.60. The van der Waals surface area contributed by atoms with Crippen molar-refractivity contribution in [3.8, 4) is 5.69 Å². The maximum Gasteiger partial charge on any atom is 0.261 e. The molecule has 1 amide bonds. The Morgan fingerprint density at radius 2 is 2.00 bits per heavy atom. The van der Waals surface area contributed by atoms with Crippen LogP contribution in [0.15, 0.2) is 30.3 Å². The molecule has 0 spiro atoms. The number of hydrogen-bond donors (Lipinski definition) is 1. The predicted octanol–water partition coefficient (Wildman–Crippen LogP) is 4.72. The van der Waals surface area contributed by atoms with Crippen LogP contribution < -0.4 is 5.32 Å². The van der Waals surface area contributed by atoms with Crippen LogP contribution >= 0.6 is 22.9 Å². The molecule has 6 heteroatoms. The fourth-order valence-electron chi connectivity index (χ4n) is 3.24. The van der Waals surface area contributed by atoms with Gasteiger partial charge in [0.15, 0.2) is 0 Å². The zero-order valence-corrected chi connectivity index (χ0v) is 15.0. The summed E-state index contributed by atoms with van der Waals surface area (Å²) in [4.78, 5) is 14.3. The van der Waals surface area contributed by atoms with Gasteiger partial charge in [-0.05, 0) is 50.1 Å². The summed E-state index contributed by atoms with van der Waals surface area (Å²) in [5.41, 5.74) is 1.87. The van der Waals surface area contributed by atoms with Gasteiger partial charge in [-0.1, -0.05) is 24.4 Å². The lowest BCUT2D eigenvalue weighted by Crippen LogP contribution is -2.31. The SMILES string of the molecule is Cc1nn(-c2ccc(Cl)cc2)c2sc(C(=O)NC3CCCC3)cc12. The minimum absolute atomic E-state index is 0.0326. The molecule has 3 aromatic rings. The molecule has 1 N–H and O–H groups in total. The van der Waals surface area contributed by atoms with E-state index in [1.165, 1.54) is 24.2 Å². The smallest absolute Gasteiger partial charge is 0.261 e. The van der Waals surface area contributed by atoms with Crippen molar-refractivity contribution in [3.63, 3.8) is 0 Å². The summed E-state index contributed by atoms with van der Waals surface area (Å²) in [5, 5.41) is 9.49. The third-order valence-electron chi connectivity index (χ3n) is 4.53. The first-order chi connectivity index (χ1) is 11.6. The molecule has 4 rings (SSSR count). The molecule has 124 valence electrons. The molecule has 0 aliphatic heterocycles. The Morgan fingerprint density at radius 1 is 1.29 bits per heavy atom. The number of carbonyl (C=O) groups is 1. The molecule has 24 heavy (non-hydrogen) atoms. The Labute approximate surface area is 149 Å². The number of rotatable bonds is 3. The Hall–Kier alpha value is -1.85. The van der Waals surface area contributed by atoms with Gasteiger partial charge < -0.3 is 5.32 Å². The lowest BCUT2D eigenvalue weighted by molar-refractivity contribution is 0.0942. The largest absolute Gasteiger partial charge is 0.349 e. The quantitative estimate of drug-likeness (QED) is 0.735. The Balaban J connectivity index is 1.68. The van der Waals surface area contributed by atoms with Gasteiger partial charge in [-0.25, -0.2) is 4.68 Å². The summed E-state index contributed by atoms with van der Waals surface area (Å²) in [6.45, 7) is 1.97. The van der Waals surface area contributed by atoms with Crippen molar-refractivity contribution in [3.05, 3.63) is 45.9 Å². The van der Waals surface area contributed by atoms with Gasteiger partial charge in [-0.2, -0.15) is 5.10 Å². The third kappa shape index (κ3) is 2.82. The molecule has 1 fully saturated rings. The van der Waals surface area contributed by atoms with E-state index in [-0.39, 0.29) is 5.91 Å². The van der Waals surface area contributed by atoms with Crippen LogP contribution in [0.3, 0.4) is 0 Å². The van der Waals surface area contributed by atoms with Crippen LogP contribution in [0.5, 0.6) is 0 Å². The van der Waals surface area contributed by atoms with Crippen LogP contribution in [0.2, 0.25) is 5.02 Å². The number of thiophene rings is 1. The number of amides is 1. The number of aromatic nitrogens is 2. The maximum atomic E-state index is 12.5. The summed E-state index contributed by atoms with van der Waals surface area (Å²) in [7, 11) is 0. The Kier molecular flexibility index (Phi) is 4.06. The van der Waals surface area contributed by atoms with Crippen molar-refractivity contribution in [2.75, 3.05) is 0 Å². The summed E-state index contributed by atoms with van der Waals surface area (Å²) in [6, 6.07) is 9.86. The molecule has 0 unspecified atom stereocenters. The minimum Gasteiger partial charge on any atom is -0.349 e. The molecule has 1 saturated carbocycles. The molecule has 2 heterocycles. The van der Waals surface area contributed by atoms with Crippen molar-refractivity contribution in [2.45, 2.75) is 38.6 Å². The maximum absolute atomic E-state index is 12.5. The Bertz CT molecular complexity index is 891. The highest BCUT2D eigenvalue weighted by molar-refractivity contribution is 7.20. The van der Waals surface area contributed by atoms with Gasteiger partial charge in [0.25, 0.3) is 5.91 Å². The molecule has 0 saturated heterocycles. The van der Waals surface area contributed by atoms with Crippen LogP contribution in [-0.4, -0.2) is 21.7 Å². The molecule has 4 nitrogen and oxygen atoms in total. The van der Waals surface area contributed by atoms with Crippen LogP contribution in [0.1, 0.15) is 41.0 Å². The average Bonchev–Trinajstić information content (AvgIpc) is 3.27. The molecule has 0 radical (unpaired) electrons. The number of carbonyl (C=O) groups excluding carboxylic acids is 1. The van der Waals surface area contributed by atoms with Crippen LogP contribution in [0.25, 0.3) is 15.9 Å². The first kappa shape index (κ1) is 15.7. The average molecular weight is 360 g/mol. The zero-order chi connectivity index (χ0) is 16.7. The van der Waals surface area contributed by atoms with Gasteiger partial charge in [-0.3, -0.25) is 4.79 Å². The van der Waals surface area contributed by atoms with Crippen molar-refractivity contribution >= 4 is 39.1 Å². The summed E-state index contributed by atoms with van der Waals surface area (Å²) in [5.74, 6) is 0.0326. The molecule has 1 aliphatic carbocycles. The highest BCUT2D eigenvalue weighted by Gasteiger charge is 2.21. The topological polar surface area (TPSA) is 46.9 Å². The molecule has 0 atom stereocenters. The lowest BCUT2D eigenvalue weighted by atomic mass is 10.2. The van der Waals surface area contributed by atoms with E-state index in [9.17, 15) is 4.79 Å². The van der Waals surface area contributed by atoms with E-state index in [0.29, 0.717) is 11.1 Å². The molecular formula is C18H18ClN3OS. The molecular weight excluding hydrogens is 342 g/mol. The van der Waals surface area contributed by atoms with E-state index in [0.717, 1.165) is 39.3 Å². The van der Waals surface area contributed by atoms with E-state index in [2.05, 4.69) is 10.4 Å². The van der Waals surface area contributed by atoms with Gasteiger partial charge in [-0.15, -0.1) is 11.3 Å². The fourth-order valence-corrected chi connectivity index (χ4v) is 4.46. The van der Waals surface area contributed by atoms with Gasteiger partial charge in [0.05, 0.1) is 16.3 Å². The minimum atomic E-state index is 0.0326. The second-order valence-corrected chi connectivity index (χ2v) is 7.73. The number of halogens is 1. The van der Waals surface area contributed by atoms with E-state index in [4.69, 9.17) is 11.6 Å². The van der Waals surface area contributed by atoms with Crippen LogP contribution in [0.4, 0.5) is 0 Å². The molecule has 1 aliphatic rings. The monoisotopic (exact) mass is 359 g/mol. The van der Waals surface area contributed by atoms with Gasteiger partial charge >= 0.3 is 0 Å². The van der Waals surface area contributed by atoms with Crippen molar-refractivity contribution in [1.29, 1.82) is 0 Å². The number of hydrogen-bond acceptors (Lipinski definition) is 3. The zero-order valence-electron chi connectivity index (χ0n) is 13.4. The fraction of sp³-hybridized carbons (Fsp3) is 0.333. The van der Waals surface area contributed by atoms with Crippen molar-refractivity contribution in [1.82, 2.24) is 15.1 Å².